The molecule has 0 aliphatic heterocycles. The van der Waals surface area contributed by atoms with Crippen molar-refractivity contribution in [2.24, 2.45) is 10.8 Å². The van der Waals surface area contributed by atoms with E-state index >= 15 is 0 Å². The van der Waals surface area contributed by atoms with Crippen LogP contribution in [0.25, 0.3) is 0 Å². The van der Waals surface area contributed by atoms with Gasteiger partial charge >= 0.3 is 0 Å². The van der Waals surface area contributed by atoms with Crippen LogP contribution in [-0.2, 0) is 0 Å². The lowest BCUT2D eigenvalue weighted by Crippen LogP contribution is -2.48. The van der Waals surface area contributed by atoms with Gasteiger partial charge in [0.1, 0.15) is 0 Å². The molecular weight excluding hydrogens is 176 g/mol. The Morgan fingerprint density at radius 1 is 0.857 bits per heavy atom. The first-order valence-corrected chi connectivity index (χ1v) is 5.37. The Labute approximate surface area is 85.0 Å². The number of rotatable bonds is 2. The lowest BCUT2D eigenvalue weighted by molar-refractivity contribution is -0.0238. The van der Waals surface area contributed by atoms with E-state index in [0.29, 0.717) is 0 Å². The number of hydrogen-bond donors (Lipinski definition) is 2. The highest BCUT2D eigenvalue weighted by Gasteiger charge is 2.49. The summed E-state index contributed by atoms with van der Waals surface area (Å²) in [6, 6.07) is 0. The molecule has 2 rings (SSSR count). The Morgan fingerprint density at radius 3 is 1.64 bits per heavy atom. The Morgan fingerprint density at radius 2 is 1.29 bits per heavy atom. The first-order chi connectivity index (χ1) is 6.79. The van der Waals surface area contributed by atoms with E-state index in [1.807, 2.05) is 12.2 Å². The van der Waals surface area contributed by atoms with Crippen LogP contribution in [0.4, 0.5) is 0 Å². The summed E-state index contributed by atoms with van der Waals surface area (Å²) < 4.78 is 0. The normalized spacial score (nSPS) is 41.0. The summed E-state index contributed by atoms with van der Waals surface area (Å²) >= 11 is 0. The van der Waals surface area contributed by atoms with Crippen LogP contribution >= 0.6 is 0 Å². The molecule has 0 aromatic heterocycles. The molecule has 0 bridgehead atoms. The summed E-state index contributed by atoms with van der Waals surface area (Å²) in [7, 11) is 0. The van der Waals surface area contributed by atoms with Gasteiger partial charge in [-0.25, -0.2) is 0 Å². The van der Waals surface area contributed by atoms with Gasteiger partial charge in [-0.1, -0.05) is 37.1 Å². The minimum Gasteiger partial charge on any atom is -0.395 e. The highest BCUT2D eigenvalue weighted by atomic mass is 16.3. The van der Waals surface area contributed by atoms with Crippen LogP contribution in [-0.4, -0.2) is 23.4 Å². The molecule has 2 heteroatoms. The standard InChI is InChI=1S/C12H18O2/c13-9-11-5-1-2-6-12(11,10-14)8-4-3-7-11/h1-2,5-6,13-14H,3-4,7-10H2/t11-,12+. The van der Waals surface area contributed by atoms with Crippen LogP contribution in [0.15, 0.2) is 24.3 Å². The van der Waals surface area contributed by atoms with Gasteiger partial charge in [-0.2, -0.15) is 0 Å². The maximum absolute atomic E-state index is 9.58. The molecule has 78 valence electrons. The zero-order valence-corrected chi connectivity index (χ0v) is 8.45. The van der Waals surface area contributed by atoms with Crippen molar-refractivity contribution in [2.75, 3.05) is 13.2 Å². The average Bonchev–Trinajstić information content (AvgIpc) is 2.28. The summed E-state index contributed by atoms with van der Waals surface area (Å²) in [5.41, 5.74) is -0.399. The summed E-state index contributed by atoms with van der Waals surface area (Å²) in [4.78, 5) is 0. The van der Waals surface area contributed by atoms with Crippen molar-refractivity contribution in [3.05, 3.63) is 24.3 Å². The minimum atomic E-state index is -0.200. The molecule has 0 aromatic rings. The lowest BCUT2D eigenvalue weighted by atomic mass is 9.55. The predicted octanol–water partition coefficient (Wildman–Crippen LogP) is 1.64. The fourth-order valence-corrected chi connectivity index (χ4v) is 2.94. The number of hydrogen-bond acceptors (Lipinski definition) is 2. The Hall–Kier alpha value is -0.600. The molecule has 0 spiro atoms. The lowest BCUT2D eigenvalue weighted by Gasteiger charge is -2.50. The largest absolute Gasteiger partial charge is 0.395 e. The SMILES string of the molecule is OC[C@]12C=CC=C[C@@]1(CO)CCCC2. The molecule has 2 aliphatic rings. The van der Waals surface area contributed by atoms with Crippen LogP contribution in [0.2, 0.25) is 0 Å². The number of fused-ring (bicyclic) bond motifs is 1. The second kappa shape index (κ2) is 3.52. The molecule has 0 amide bonds. The molecule has 2 nitrogen and oxygen atoms in total. The second-order valence-corrected chi connectivity index (χ2v) is 4.55. The molecule has 0 saturated heterocycles. The Balaban J connectivity index is 2.39. The summed E-state index contributed by atoms with van der Waals surface area (Å²) in [6.45, 7) is 0.294. The second-order valence-electron chi connectivity index (χ2n) is 4.55. The van der Waals surface area contributed by atoms with E-state index < -0.39 is 0 Å². The zero-order valence-electron chi connectivity index (χ0n) is 8.45. The fourth-order valence-electron chi connectivity index (χ4n) is 2.94. The molecular formula is C12H18O2. The van der Waals surface area contributed by atoms with Gasteiger partial charge in [-0.15, -0.1) is 0 Å². The highest BCUT2D eigenvalue weighted by Crippen LogP contribution is 2.53. The smallest absolute Gasteiger partial charge is 0.0531 e. The topological polar surface area (TPSA) is 40.5 Å². The van der Waals surface area contributed by atoms with Gasteiger partial charge in [0.05, 0.1) is 13.2 Å². The summed E-state index contributed by atoms with van der Waals surface area (Å²) in [5, 5.41) is 19.2. The van der Waals surface area contributed by atoms with E-state index in [-0.39, 0.29) is 24.0 Å². The molecule has 1 fully saturated rings. The maximum Gasteiger partial charge on any atom is 0.0531 e. The molecule has 2 N–H and O–H groups in total. The van der Waals surface area contributed by atoms with Crippen molar-refractivity contribution < 1.29 is 10.2 Å². The molecule has 14 heavy (non-hydrogen) atoms. The van der Waals surface area contributed by atoms with E-state index in [0.717, 1.165) is 25.7 Å². The van der Waals surface area contributed by atoms with Gasteiger partial charge in [-0.05, 0) is 12.8 Å². The summed E-state index contributed by atoms with van der Waals surface area (Å²) in [6.07, 6.45) is 12.5. The van der Waals surface area contributed by atoms with Gasteiger partial charge in [-0.3, -0.25) is 0 Å². The van der Waals surface area contributed by atoms with Crippen LogP contribution < -0.4 is 0 Å². The zero-order chi connectivity index (χ0) is 10.1. The predicted molar refractivity (Wildman–Crippen MR) is 55.8 cm³/mol. The third kappa shape index (κ3) is 1.17. The third-order valence-electron chi connectivity index (χ3n) is 3.99. The first kappa shape index (κ1) is 9.94. The quantitative estimate of drug-likeness (QED) is 0.701. The van der Waals surface area contributed by atoms with Gasteiger partial charge in [0.2, 0.25) is 0 Å². The number of aliphatic hydroxyl groups is 2. The molecule has 0 heterocycles. The van der Waals surface area contributed by atoms with Gasteiger partial charge < -0.3 is 10.2 Å². The maximum atomic E-state index is 9.58. The van der Waals surface area contributed by atoms with Crippen molar-refractivity contribution in [1.29, 1.82) is 0 Å². The molecule has 0 unspecified atom stereocenters. The van der Waals surface area contributed by atoms with Gasteiger partial charge in [0.15, 0.2) is 0 Å². The van der Waals surface area contributed by atoms with Gasteiger partial charge in [0.25, 0.3) is 0 Å². The van der Waals surface area contributed by atoms with E-state index in [4.69, 9.17) is 0 Å². The van der Waals surface area contributed by atoms with Crippen LogP contribution in [0.5, 0.6) is 0 Å². The van der Waals surface area contributed by atoms with Crippen molar-refractivity contribution in [3.63, 3.8) is 0 Å². The van der Waals surface area contributed by atoms with Crippen molar-refractivity contribution in [1.82, 2.24) is 0 Å². The van der Waals surface area contributed by atoms with E-state index in [1.54, 1.807) is 0 Å². The van der Waals surface area contributed by atoms with Crippen LogP contribution in [0.1, 0.15) is 25.7 Å². The van der Waals surface area contributed by atoms with E-state index in [2.05, 4.69) is 12.2 Å². The number of allylic oxidation sites excluding steroid dienone is 2. The van der Waals surface area contributed by atoms with Crippen molar-refractivity contribution >= 4 is 0 Å². The molecule has 1 saturated carbocycles. The monoisotopic (exact) mass is 194 g/mol. The highest BCUT2D eigenvalue weighted by molar-refractivity contribution is 5.27. The van der Waals surface area contributed by atoms with Crippen molar-refractivity contribution in [3.8, 4) is 0 Å². The molecule has 0 radical (unpaired) electrons. The molecule has 2 atom stereocenters. The molecule has 0 aromatic carbocycles. The van der Waals surface area contributed by atoms with Gasteiger partial charge in [0, 0.05) is 10.8 Å². The Kier molecular flexibility index (Phi) is 2.50. The van der Waals surface area contributed by atoms with Crippen molar-refractivity contribution in [2.45, 2.75) is 25.7 Å². The molecule has 2 aliphatic carbocycles. The number of aliphatic hydroxyl groups excluding tert-OH is 2. The van der Waals surface area contributed by atoms with Crippen LogP contribution in [0, 0.1) is 10.8 Å². The van der Waals surface area contributed by atoms with E-state index in [1.165, 1.54) is 0 Å². The summed E-state index contributed by atoms with van der Waals surface area (Å²) in [5.74, 6) is 0. The minimum absolute atomic E-state index is 0.147. The van der Waals surface area contributed by atoms with Crippen LogP contribution in [0.3, 0.4) is 0 Å². The average molecular weight is 194 g/mol. The Bertz CT molecular complexity index is 241. The third-order valence-corrected chi connectivity index (χ3v) is 3.99. The fraction of sp³-hybridized carbons (Fsp3) is 0.667. The van der Waals surface area contributed by atoms with E-state index in [9.17, 15) is 10.2 Å². The first-order valence-electron chi connectivity index (χ1n) is 5.37.